The Kier molecular flexibility index (Phi) is 5.32. The number of fused-ring (bicyclic) bond motifs is 1. The average molecular weight is 366 g/mol. The fourth-order valence-electron chi connectivity index (χ4n) is 4.10. The Balaban J connectivity index is 1.37. The van der Waals surface area contributed by atoms with Gasteiger partial charge in [-0.05, 0) is 37.8 Å². The Morgan fingerprint density at radius 3 is 2.22 bits per heavy atom. The third kappa shape index (κ3) is 3.94. The van der Waals surface area contributed by atoms with E-state index in [9.17, 15) is 9.59 Å². The molecular weight excluding hydrogens is 340 g/mol. The molecule has 3 heterocycles. The third-order valence-corrected chi connectivity index (χ3v) is 5.72. The van der Waals surface area contributed by atoms with Gasteiger partial charge in [-0.25, -0.2) is 4.98 Å². The predicted octanol–water partition coefficient (Wildman–Crippen LogP) is 2.88. The van der Waals surface area contributed by atoms with E-state index in [0.717, 1.165) is 49.8 Å². The second-order valence-corrected chi connectivity index (χ2v) is 7.55. The van der Waals surface area contributed by atoms with Gasteiger partial charge in [0, 0.05) is 32.1 Å². The number of benzene rings is 1. The van der Waals surface area contributed by atoms with E-state index in [2.05, 4.69) is 9.97 Å². The first-order valence-electron chi connectivity index (χ1n) is 10.0. The summed E-state index contributed by atoms with van der Waals surface area (Å²) in [5, 5.41) is 0. The van der Waals surface area contributed by atoms with Crippen molar-refractivity contribution in [3.8, 4) is 0 Å². The summed E-state index contributed by atoms with van der Waals surface area (Å²) in [6, 6.07) is 7.55. The Hall–Kier alpha value is -2.50. The third-order valence-electron chi connectivity index (χ3n) is 5.72. The molecule has 0 bridgehead atoms. The molecule has 6 heteroatoms. The van der Waals surface area contributed by atoms with Gasteiger partial charge in [0.05, 0.1) is 17.2 Å². The lowest BCUT2D eigenvalue weighted by molar-refractivity contribution is -0.136. The highest BCUT2D eigenvalue weighted by Gasteiger charge is 2.31. The molecule has 1 aromatic heterocycles. The molecule has 0 saturated carbocycles. The number of likely N-dealkylation sites (tertiary alicyclic amines) is 2. The monoisotopic (exact) mass is 366 g/mol. The first-order valence-corrected chi connectivity index (χ1v) is 10.0. The molecule has 0 N–H and O–H groups in total. The second-order valence-electron chi connectivity index (χ2n) is 7.55. The van der Waals surface area contributed by atoms with Crippen molar-refractivity contribution in [3.05, 3.63) is 36.2 Å². The number of rotatable bonds is 2. The highest BCUT2D eigenvalue weighted by atomic mass is 16.2. The maximum absolute atomic E-state index is 12.8. The number of para-hydroxylation sites is 2. The minimum absolute atomic E-state index is 0.0508. The Morgan fingerprint density at radius 2 is 1.52 bits per heavy atom. The summed E-state index contributed by atoms with van der Waals surface area (Å²) in [5.74, 6) is 0.248. The molecule has 6 nitrogen and oxygen atoms in total. The van der Waals surface area contributed by atoms with E-state index in [0.29, 0.717) is 18.8 Å². The summed E-state index contributed by atoms with van der Waals surface area (Å²) in [7, 11) is 0. The molecule has 0 radical (unpaired) electrons. The van der Waals surface area contributed by atoms with Crippen LogP contribution in [0.5, 0.6) is 0 Å². The fourth-order valence-corrected chi connectivity index (χ4v) is 4.10. The number of hydrogen-bond donors (Lipinski definition) is 0. The molecule has 4 rings (SSSR count). The summed E-state index contributed by atoms with van der Waals surface area (Å²) >= 11 is 0. The highest BCUT2D eigenvalue weighted by Crippen LogP contribution is 2.23. The van der Waals surface area contributed by atoms with Crippen molar-refractivity contribution < 1.29 is 9.59 Å². The first-order chi connectivity index (χ1) is 13.2. The lowest BCUT2D eigenvalue weighted by atomic mass is 9.95. The van der Waals surface area contributed by atoms with Gasteiger partial charge in [-0.3, -0.25) is 14.6 Å². The van der Waals surface area contributed by atoms with Gasteiger partial charge in [-0.1, -0.05) is 25.0 Å². The van der Waals surface area contributed by atoms with E-state index < -0.39 is 0 Å². The zero-order chi connectivity index (χ0) is 18.6. The van der Waals surface area contributed by atoms with E-state index in [1.165, 1.54) is 12.8 Å². The van der Waals surface area contributed by atoms with Crippen LogP contribution in [0.1, 0.15) is 49.0 Å². The zero-order valence-electron chi connectivity index (χ0n) is 15.6. The minimum atomic E-state index is -0.0890. The number of piperidine rings is 1. The molecule has 1 aromatic carbocycles. The van der Waals surface area contributed by atoms with Gasteiger partial charge in [0.25, 0.3) is 5.91 Å². The number of hydrogen-bond acceptors (Lipinski definition) is 4. The molecule has 2 aliphatic rings. The van der Waals surface area contributed by atoms with Crippen LogP contribution in [0.4, 0.5) is 0 Å². The standard InChI is InChI=1S/C21H26N4O2/c26-20(24-11-5-1-2-6-12-24)16-9-13-25(14-10-16)21(27)19-15-22-17-7-3-4-8-18(17)23-19/h3-4,7-8,15-16H,1-2,5-6,9-14H2. The van der Waals surface area contributed by atoms with Crippen molar-refractivity contribution in [1.82, 2.24) is 19.8 Å². The van der Waals surface area contributed by atoms with Gasteiger partial charge in [-0.2, -0.15) is 0 Å². The van der Waals surface area contributed by atoms with Crippen LogP contribution in [-0.2, 0) is 4.79 Å². The van der Waals surface area contributed by atoms with Crippen LogP contribution in [0.2, 0.25) is 0 Å². The molecule has 2 aliphatic heterocycles. The quantitative estimate of drug-likeness (QED) is 0.820. The lowest BCUT2D eigenvalue weighted by Crippen LogP contribution is -2.44. The molecule has 2 saturated heterocycles. The zero-order valence-corrected chi connectivity index (χ0v) is 15.6. The van der Waals surface area contributed by atoms with E-state index in [4.69, 9.17) is 0 Å². The van der Waals surface area contributed by atoms with Crippen LogP contribution in [0, 0.1) is 5.92 Å². The molecule has 142 valence electrons. The van der Waals surface area contributed by atoms with Crippen LogP contribution in [0.3, 0.4) is 0 Å². The van der Waals surface area contributed by atoms with Gasteiger partial charge in [0.1, 0.15) is 5.69 Å². The number of carbonyl (C=O) groups excluding carboxylic acids is 2. The van der Waals surface area contributed by atoms with E-state index in [-0.39, 0.29) is 17.7 Å². The van der Waals surface area contributed by atoms with Crippen LogP contribution in [0.25, 0.3) is 11.0 Å². The Labute approximate surface area is 159 Å². The predicted molar refractivity (Wildman–Crippen MR) is 103 cm³/mol. The van der Waals surface area contributed by atoms with Gasteiger partial charge < -0.3 is 9.80 Å². The van der Waals surface area contributed by atoms with Crippen molar-refractivity contribution in [2.24, 2.45) is 5.92 Å². The van der Waals surface area contributed by atoms with Crippen molar-refractivity contribution in [2.45, 2.75) is 38.5 Å². The smallest absolute Gasteiger partial charge is 0.274 e. The molecule has 2 aromatic rings. The minimum Gasteiger partial charge on any atom is -0.342 e. The van der Waals surface area contributed by atoms with Crippen molar-refractivity contribution in [2.75, 3.05) is 26.2 Å². The van der Waals surface area contributed by atoms with Crippen molar-refractivity contribution in [3.63, 3.8) is 0 Å². The first kappa shape index (κ1) is 17.9. The molecule has 27 heavy (non-hydrogen) atoms. The summed E-state index contributed by atoms with van der Waals surface area (Å²) < 4.78 is 0. The molecule has 0 spiro atoms. The van der Waals surface area contributed by atoms with E-state index >= 15 is 0 Å². The van der Waals surface area contributed by atoms with Crippen LogP contribution in [0.15, 0.2) is 30.5 Å². The molecular formula is C21H26N4O2. The summed E-state index contributed by atoms with van der Waals surface area (Å²) in [6.07, 6.45) is 7.71. The second kappa shape index (κ2) is 8.03. The average Bonchev–Trinajstić information content (AvgIpc) is 3.02. The molecule has 2 fully saturated rings. The SMILES string of the molecule is O=C(c1cnc2ccccc2n1)N1CCC(C(=O)N2CCCCCC2)CC1. The normalized spacial score (nSPS) is 19.1. The topological polar surface area (TPSA) is 66.4 Å². The number of nitrogens with zero attached hydrogens (tertiary/aromatic N) is 4. The summed E-state index contributed by atoms with van der Waals surface area (Å²) in [4.78, 5) is 38.2. The Bertz CT molecular complexity index is 822. The van der Waals surface area contributed by atoms with Crippen LogP contribution in [-0.4, -0.2) is 57.8 Å². The molecule has 2 amide bonds. The van der Waals surface area contributed by atoms with Crippen LogP contribution >= 0.6 is 0 Å². The largest absolute Gasteiger partial charge is 0.342 e. The van der Waals surface area contributed by atoms with Gasteiger partial charge in [0.2, 0.25) is 5.91 Å². The summed E-state index contributed by atoms with van der Waals surface area (Å²) in [5.41, 5.74) is 1.90. The van der Waals surface area contributed by atoms with Gasteiger partial charge >= 0.3 is 0 Å². The molecule has 0 atom stereocenters. The fraction of sp³-hybridized carbons (Fsp3) is 0.524. The lowest BCUT2D eigenvalue weighted by Gasteiger charge is -2.33. The highest BCUT2D eigenvalue weighted by molar-refractivity contribution is 5.94. The van der Waals surface area contributed by atoms with E-state index in [1.807, 2.05) is 34.1 Å². The summed E-state index contributed by atoms with van der Waals surface area (Å²) in [6.45, 7) is 3.00. The van der Waals surface area contributed by atoms with Crippen molar-refractivity contribution in [1.29, 1.82) is 0 Å². The van der Waals surface area contributed by atoms with Crippen molar-refractivity contribution >= 4 is 22.8 Å². The molecule has 0 aliphatic carbocycles. The number of aromatic nitrogens is 2. The number of amides is 2. The van der Waals surface area contributed by atoms with Gasteiger partial charge in [-0.15, -0.1) is 0 Å². The van der Waals surface area contributed by atoms with Gasteiger partial charge in [0.15, 0.2) is 0 Å². The maximum Gasteiger partial charge on any atom is 0.274 e. The van der Waals surface area contributed by atoms with E-state index in [1.54, 1.807) is 6.20 Å². The maximum atomic E-state index is 12.8. The Morgan fingerprint density at radius 1 is 0.852 bits per heavy atom. The molecule has 0 unspecified atom stereocenters. The number of carbonyl (C=O) groups is 2. The van der Waals surface area contributed by atoms with Crippen LogP contribution < -0.4 is 0 Å².